The minimum Gasteiger partial charge on any atom is -0.493 e. The molecule has 0 unspecified atom stereocenters. The molecule has 6 heteroatoms. The van der Waals surface area contributed by atoms with Gasteiger partial charge in [-0.2, -0.15) is 0 Å². The number of hydrogen-bond acceptors (Lipinski definition) is 5. The van der Waals surface area contributed by atoms with E-state index in [2.05, 4.69) is 10.5 Å². The Morgan fingerprint density at radius 1 is 1.33 bits per heavy atom. The molecule has 5 nitrogen and oxygen atoms in total. The predicted octanol–water partition coefficient (Wildman–Crippen LogP) is 3.33. The van der Waals surface area contributed by atoms with Crippen LogP contribution >= 0.6 is 11.6 Å². The van der Waals surface area contributed by atoms with Crippen molar-refractivity contribution in [3.05, 3.63) is 40.2 Å². The molecule has 0 bridgehead atoms. The Bertz CT molecular complexity index is 599. The number of ether oxygens (including phenoxy) is 2. The van der Waals surface area contributed by atoms with E-state index >= 15 is 0 Å². The third-order valence-electron chi connectivity index (χ3n) is 2.92. The average molecular weight is 311 g/mol. The summed E-state index contributed by atoms with van der Waals surface area (Å²) in [5.41, 5.74) is 1.77. The molecular weight excluding hydrogens is 292 g/mol. The van der Waals surface area contributed by atoms with Gasteiger partial charge >= 0.3 is 0 Å². The standard InChI is InChI=1S/C15H19ClN2O3/c1-4-17-8-11-6-12(16)7-14(19-3)15(11)20-9-13-5-10(2)18-21-13/h5-7,17H,4,8-9H2,1-3H3. The molecule has 0 saturated carbocycles. The second-order valence-electron chi connectivity index (χ2n) is 4.60. The maximum atomic E-state index is 6.11. The first-order chi connectivity index (χ1) is 10.1. The lowest BCUT2D eigenvalue weighted by Crippen LogP contribution is -2.13. The monoisotopic (exact) mass is 310 g/mol. The maximum absolute atomic E-state index is 6.11. The summed E-state index contributed by atoms with van der Waals surface area (Å²) in [5, 5.41) is 7.71. The van der Waals surface area contributed by atoms with Crippen LogP contribution in [0.25, 0.3) is 0 Å². The molecule has 1 heterocycles. The molecule has 2 rings (SSSR count). The highest BCUT2D eigenvalue weighted by Gasteiger charge is 2.14. The second kappa shape index (κ2) is 7.33. The van der Waals surface area contributed by atoms with Crippen molar-refractivity contribution in [3.63, 3.8) is 0 Å². The lowest BCUT2D eigenvalue weighted by molar-refractivity contribution is 0.236. The molecule has 114 valence electrons. The molecule has 2 aromatic rings. The fraction of sp³-hybridized carbons (Fsp3) is 0.400. The number of nitrogens with zero attached hydrogens (tertiary/aromatic N) is 1. The summed E-state index contributed by atoms with van der Waals surface area (Å²) in [6.07, 6.45) is 0. The van der Waals surface area contributed by atoms with Crippen LogP contribution in [-0.2, 0) is 13.2 Å². The van der Waals surface area contributed by atoms with Crippen molar-refractivity contribution >= 4 is 11.6 Å². The summed E-state index contributed by atoms with van der Waals surface area (Å²) in [6.45, 7) is 5.71. The van der Waals surface area contributed by atoms with Crippen molar-refractivity contribution < 1.29 is 14.0 Å². The molecule has 0 atom stereocenters. The molecule has 0 amide bonds. The van der Waals surface area contributed by atoms with Crippen LogP contribution < -0.4 is 14.8 Å². The number of nitrogens with one attached hydrogen (secondary N) is 1. The predicted molar refractivity (Wildman–Crippen MR) is 81.0 cm³/mol. The third kappa shape index (κ3) is 4.12. The van der Waals surface area contributed by atoms with E-state index in [1.807, 2.05) is 26.0 Å². The normalized spacial score (nSPS) is 10.7. The smallest absolute Gasteiger partial charge is 0.174 e. The van der Waals surface area contributed by atoms with Gasteiger partial charge in [0, 0.05) is 29.3 Å². The zero-order valence-corrected chi connectivity index (χ0v) is 13.2. The van der Waals surface area contributed by atoms with E-state index in [-0.39, 0.29) is 6.61 Å². The molecule has 1 aromatic heterocycles. The first-order valence-corrected chi connectivity index (χ1v) is 7.14. The summed E-state index contributed by atoms with van der Waals surface area (Å²) >= 11 is 6.11. The SMILES string of the molecule is CCNCc1cc(Cl)cc(OC)c1OCc1cc(C)no1. The van der Waals surface area contributed by atoms with Crippen LogP contribution in [0.1, 0.15) is 23.9 Å². The summed E-state index contributed by atoms with van der Waals surface area (Å²) in [7, 11) is 1.59. The van der Waals surface area contributed by atoms with E-state index in [0.717, 1.165) is 17.8 Å². The Morgan fingerprint density at radius 3 is 2.76 bits per heavy atom. The number of aryl methyl sites for hydroxylation is 1. The van der Waals surface area contributed by atoms with E-state index in [9.17, 15) is 0 Å². The van der Waals surface area contributed by atoms with E-state index in [0.29, 0.717) is 28.8 Å². The van der Waals surface area contributed by atoms with E-state index in [1.54, 1.807) is 13.2 Å². The summed E-state index contributed by atoms with van der Waals surface area (Å²) in [6, 6.07) is 5.44. The first kappa shape index (κ1) is 15.7. The highest BCUT2D eigenvalue weighted by molar-refractivity contribution is 6.30. The average Bonchev–Trinajstić information content (AvgIpc) is 2.88. The molecule has 0 spiro atoms. The van der Waals surface area contributed by atoms with Gasteiger partial charge in [-0.05, 0) is 19.5 Å². The fourth-order valence-electron chi connectivity index (χ4n) is 1.96. The van der Waals surface area contributed by atoms with E-state index in [4.69, 9.17) is 25.6 Å². The maximum Gasteiger partial charge on any atom is 0.174 e. The molecule has 1 N–H and O–H groups in total. The van der Waals surface area contributed by atoms with Gasteiger partial charge in [0.05, 0.1) is 12.8 Å². The third-order valence-corrected chi connectivity index (χ3v) is 3.14. The van der Waals surface area contributed by atoms with Gasteiger partial charge in [0.15, 0.2) is 17.3 Å². The van der Waals surface area contributed by atoms with Crippen LogP contribution in [0.15, 0.2) is 22.7 Å². The minimum atomic E-state index is 0.290. The number of halogens is 1. The quantitative estimate of drug-likeness (QED) is 0.850. The van der Waals surface area contributed by atoms with Crippen molar-refractivity contribution in [1.29, 1.82) is 0 Å². The lowest BCUT2D eigenvalue weighted by Gasteiger charge is -2.15. The highest BCUT2D eigenvalue weighted by Crippen LogP contribution is 2.35. The van der Waals surface area contributed by atoms with Crippen molar-refractivity contribution in [2.75, 3.05) is 13.7 Å². The summed E-state index contributed by atoms with van der Waals surface area (Å²) < 4.78 is 16.4. The van der Waals surface area contributed by atoms with Crippen LogP contribution in [-0.4, -0.2) is 18.8 Å². The Morgan fingerprint density at radius 2 is 2.14 bits per heavy atom. The van der Waals surface area contributed by atoms with Crippen molar-refractivity contribution in [1.82, 2.24) is 10.5 Å². The van der Waals surface area contributed by atoms with Crippen molar-refractivity contribution in [3.8, 4) is 11.5 Å². The van der Waals surface area contributed by atoms with Gasteiger partial charge in [0.2, 0.25) is 0 Å². The van der Waals surface area contributed by atoms with Crippen molar-refractivity contribution in [2.24, 2.45) is 0 Å². The van der Waals surface area contributed by atoms with Gasteiger partial charge < -0.3 is 19.3 Å². The Labute approximate surface area is 129 Å². The molecule has 0 aliphatic rings. The van der Waals surface area contributed by atoms with Crippen LogP contribution in [0.2, 0.25) is 5.02 Å². The molecule has 0 saturated heterocycles. The van der Waals surface area contributed by atoms with Crippen LogP contribution in [0.5, 0.6) is 11.5 Å². The molecule has 0 aliphatic carbocycles. The Hall–Kier alpha value is -1.72. The molecule has 0 radical (unpaired) electrons. The zero-order valence-electron chi connectivity index (χ0n) is 12.4. The van der Waals surface area contributed by atoms with E-state index < -0.39 is 0 Å². The van der Waals surface area contributed by atoms with Gasteiger partial charge in [-0.3, -0.25) is 0 Å². The fourth-order valence-corrected chi connectivity index (χ4v) is 2.19. The number of rotatable bonds is 7. The first-order valence-electron chi connectivity index (χ1n) is 6.76. The molecule has 0 fully saturated rings. The molecule has 1 aromatic carbocycles. The number of aromatic nitrogens is 1. The van der Waals surface area contributed by atoms with Gasteiger partial charge in [-0.1, -0.05) is 23.7 Å². The molecule has 21 heavy (non-hydrogen) atoms. The minimum absolute atomic E-state index is 0.290. The second-order valence-corrected chi connectivity index (χ2v) is 5.04. The van der Waals surface area contributed by atoms with Gasteiger partial charge in [0.25, 0.3) is 0 Å². The largest absolute Gasteiger partial charge is 0.493 e. The Balaban J connectivity index is 2.21. The number of benzene rings is 1. The lowest BCUT2D eigenvalue weighted by atomic mass is 10.2. The topological polar surface area (TPSA) is 56.5 Å². The molecular formula is C15H19ClN2O3. The zero-order chi connectivity index (χ0) is 15.2. The van der Waals surface area contributed by atoms with Gasteiger partial charge in [-0.25, -0.2) is 0 Å². The molecule has 0 aliphatic heterocycles. The Kier molecular flexibility index (Phi) is 5.47. The number of hydrogen-bond donors (Lipinski definition) is 1. The van der Waals surface area contributed by atoms with Crippen LogP contribution in [0.4, 0.5) is 0 Å². The van der Waals surface area contributed by atoms with Crippen LogP contribution in [0, 0.1) is 6.92 Å². The van der Waals surface area contributed by atoms with Crippen molar-refractivity contribution in [2.45, 2.75) is 27.0 Å². The number of methoxy groups -OCH3 is 1. The van der Waals surface area contributed by atoms with E-state index in [1.165, 1.54) is 0 Å². The highest BCUT2D eigenvalue weighted by atomic mass is 35.5. The van der Waals surface area contributed by atoms with Crippen LogP contribution in [0.3, 0.4) is 0 Å². The summed E-state index contributed by atoms with van der Waals surface area (Å²) in [4.78, 5) is 0. The van der Waals surface area contributed by atoms with Gasteiger partial charge in [0.1, 0.15) is 6.61 Å². The summed E-state index contributed by atoms with van der Waals surface area (Å²) in [5.74, 6) is 1.93. The van der Waals surface area contributed by atoms with Gasteiger partial charge in [-0.15, -0.1) is 0 Å².